The van der Waals surface area contributed by atoms with E-state index in [4.69, 9.17) is 11.6 Å². The number of halogens is 4. The second-order valence-electron chi connectivity index (χ2n) is 5.83. The van der Waals surface area contributed by atoms with Crippen molar-refractivity contribution in [3.8, 4) is 0 Å². The minimum absolute atomic E-state index is 0.178. The lowest BCUT2D eigenvalue weighted by Gasteiger charge is -2.31. The predicted molar refractivity (Wildman–Crippen MR) is 81.1 cm³/mol. The zero-order valence-electron chi connectivity index (χ0n) is 12.5. The van der Waals surface area contributed by atoms with Crippen LogP contribution < -0.4 is 0 Å². The van der Waals surface area contributed by atoms with Crippen molar-refractivity contribution in [2.75, 3.05) is 5.88 Å². The van der Waals surface area contributed by atoms with E-state index in [0.717, 1.165) is 6.42 Å². The average Bonchev–Trinajstić information content (AvgIpc) is 2.90. The molecule has 2 atom stereocenters. The highest BCUT2D eigenvalue weighted by Gasteiger charge is 2.33. The van der Waals surface area contributed by atoms with Gasteiger partial charge < -0.3 is 10.0 Å². The fourth-order valence-electron chi connectivity index (χ4n) is 2.94. The molecule has 0 aliphatic heterocycles. The van der Waals surface area contributed by atoms with Crippen LogP contribution in [0.15, 0.2) is 24.3 Å². The van der Waals surface area contributed by atoms with Crippen molar-refractivity contribution in [3.05, 3.63) is 35.4 Å². The first-order chi connectivity index (χ1) is 10.8. The van der Waals surface area contributed by atoms with Crippen molar-refractivity contribution >= 4 is 17.5 Å². The summed E-state index contributed by atoms with van der Waals surface area (Å²) in [7, 11) is 0. The molecule has 23 heavy (non-hydrogen) atoms. The Morgan fingerprint density at radius 1 is 1.22 bits per heavy atom. The van der Waals surface area contributed by atoms with E-state index < -0.39 is 18.7 Å². The molecule has 0 unspecified atom stereocenters. The SMILES string of the molecule is O=C(CCl)N(Cc1ccc(CC(F)(F)F)cc1)[C@@H]1CCC[C@@H]1O. The molecule has 1 N–H and O–H groups in total. The van der Waals surface area contributed by atoms with Crippen LogP contribution in [-0.4, -0.2) is 40.1 Å². The van der Waals surface area contributed by atoms with Crippen LogP contribution in [-0.2, 0) is 17.8 Å². The van der Waals surface area contributed by atoms with E-state index in [1.807, 2.05) is 0 Å². The lowest BCUT2D eigenvalue weighted by Crippen LogP contribution is -2.44. The molecule has 1 aliphatic rings. The number of alkyl halides is 4. The number of amides is 1. The van der Waals surface area contributed by atoms with Gasteiger partial charge >= 0.3 is 6.18 Å². The van der Waals surface area contributed by atoms with Gasteiger partial charge in [-0.1, -0.05) is 24.3 Å². The van der Waals surface area contributed by atoms with E-state index >= 15 is 0 Å². The second kappa shape index (κ2) is 7.53. The van der Waals surface area contributed by atoms with E-state index in [0.29, 0.717) is 18.4 Å². The summed E-state index contributed by atoms with van der Waals surface area (Å²) < 4.78 is 37.1. The molecular weight excluding hydrogens is 331 g/mol. The molecule has 1 saturated carbocycles. The summed E-state index contributed by atoms with van der Waals surface area (Å²) in [5, 5.41) is 9.99. The summed E-state index contributed by atoms with van der Waals surface area (Å²) in [5.41, 5.74) is 0.894. The van der Waals surface area contributed by atoms with Crippen LogP contribution in [0.3, 0.4) is 0 Å². The molecule has 0 heterocycles. The smallest absolute Gasteiger partial charge is 0.391 e. The fraction of sp³-hybridized carbons (Fsp3) is 0.562. The molecule has 1 aromatic carbocycles. The van der Waals surface area contributed by atoms with E-state index in [2.05, 4.69) is 0 Å². The number of carbonyl (C=O) groups is 1. The van der Waals surface area contributed by atoms with Gasteiger partial charge in [0.05, 0.1) is 18.6 Å². The third-order valence-corrected chi connectivity index (χ3v) is 4.29. The molecule has 1 aliphatic carbocycles. The summed E-state index contributed by atoms with van der Waals surface area (Å²) in [6, 6.07) is 5.71. The minimum atomic E-state index is -4.24. The highest BCUT2D eigenvalue weighted by molar-refractivity contribution is 6.27. The number of aliphatic hydroxyl groups is 1. The lowest BCUT2D eigenvalue weighted by molar-refractivity contribution is -0.133. The van der Waals surface area contributed by atoms with Crippen LogP contribution in [0.25, 0.3) is 0 Å². The first kappa shape index (κ1) is 18.1. The summed E-state index contributed by atoms with van der Waals surface area (Å²) in [4.78, 5) is 13.6. The van der Waals surface area contributed by atoms with Gasteiger partial charge in [-0.15, -0.1) is 11.6 Å². The first-order valence-corrected chi connectivity index (χ1v) is 8.01. The summed E-state index contributed by atoms with van der Waals surface area (Å²) in [6.07, 6.45) is -3.61. The molecule has 0 spiro atoms. The highest BCUT2D eigenvalue weighted by atomic mass is 35.5. The maximum absolute atomic E-state index is 12.4. The zero-order valence-corrected chi connectivity index (χ0v) is 13.3. The summed E-state index contributed by atoms with van der Waals surface area (Å²) >= 11 is 5.64. The predicted octanol–water partition coefficient (Wildman–Crippen LogP) is 3.27. The molecule has 1 aromatic rings. The van der Waals surface area contributed by atoms with Crippen molar-refractivity contribution < 1.29 is 23.1 Å². The van der Waals surface area contributed by atoms with Gasteiger partial charge in [0.25, 0.3) is 0 Å². The number of benzene rings is 1. The molecule has 0 bridgehead atoms. The Balaban J connectivity index is 2.09. The van der Waals surface area contributed by atoms with Crippen LogP contribution in [0.4, 0.5) is 13.2 Å². The maximum atomic E-state index is 12.4. The highest BCUT2D eigenvalue weighted by Crippen LogP contribution is 2.26. The molecule has 0 radical (unpaired) electrons. The van der Waals surface area contributed by atoms with E-state index in [1.54, 1.807) is 12.1 Å². The Morgan fingerprint density at radius 2 is 1.83 bits per heavy atom. The van der Waals surface area contributed by atoms with Crippen molar-refractivity contribution in [2.24, 2.45) is 0 Å². The molecule has 0 aromatic heterocycles. The van der Waals surface area contributed by atoms with Gasteiger partial charge in [-0.3, -0.25) is 4.79 Å². The molecular formula is C16H19ClF3NO2. The largest absolute Gasteiger partial charge is 0.393 e. The zero-order chi connectivity index (χ0) is 17.0. The van der Waals surface area contributed by atoms with Crippen LogP contribution in [0, 0.1) is 0 Å². The van der Waals surface area contributed by atoms with Gasteiger partial charge in [0.2, 0.25) is 5.91 Å². The number of hydrogen-bond donors (Lipinski definition) is 1. The number of nitrogens with zero attached hydrogens (tertiary/aromatic N) is 1. The van der Waals surface area contributed by atoms with Crippen molar-refractivity contribution in [3.63, 3.8) is 0 Å². The standard InChI is InChI=1S/C16H19ClF3NO2/c17-9-15(23)21(13-2-1-3-14(13)22)10-12-6-4-11(5-7-12)8-16(18,19)20/h4-7,13-14,22H,1-3,8-10H2/t13-,14+/m1/s1. The minimum Gasteiger partial charge on any atom is -0.391 e. The molecule has 1 amide bonds. The second-order valence-corrected chi connectivity index (χ2v) is 6.10. The summed E-state index contributed by atoms with van der Waals surface area (Å²) in [6.45, 7) is 0.236. The molecule has 1 fully saturated rings. The van der Waals surface area contributed by atoms with Crippen molar-refractivity contribution in [1.82, 2.24) is 4.90 Å². The van der Waals surface area contributed by atoms with Gasteiger partial charge in [0, 0.05) is 6.54 Å². The topological polar surface area (TPSA) is 40.5 Å². The third-order valence-electron chi connectivity index (χ3n) is 4.06. The van der Waals surface area contributed by atoms with Crippen LogP contribution in [0.1, 0.15) is 30.4 Å². The Morgan fingerprint density at radius 3 is 2.30 bits per heavy atom. The third kappa shape index (κ3) is 5.11. The Hall–Kier alpha value is -1.27. The van der Waals surface area contributed by atoms with Crippen LogP contribution in [0.2, 0.25) is 0 Å². The van der Waals surface area contributed by atoms with Gasteiger partial charge in [-0.05, 0) is 30.4 Å². The van der Waals surface area contributed by atoms with E-state index in [-0.39, 0.29) is 29.9 Å². The van der Waals surface area contributed by atoms with Crippen molar-refractivity contribution in [1.29, 1.82) is 0 Å². The van der Waals surface area contributed by atoms with Crippen LogP contribution >= 0.6 is 11.6 Å². The van der Waals surface area contributed by atoms with Gasteiger partial charge in [-0.2, -0.15) is 13.2 Å². The van der Waals surface area contributed by atoms with Gasteiger partial charge in [0.1, 0.15) is 5.88 Å². The average molecular weight is 350 g/mol. The number of aliphatic hydroxyl groups excluding tert-OH is 1. The Kier molecular flexibility index (Phi) is 5.92. The Labute approximate surface area is 138 Å². The molecule has 128 valence electrons. The normalized spacial score (nSPS) is 21.4. The van der Waals surface area contributed by atoms with E-state index in [1.165, 1.54) is 17.0 Å². The molecule has 7 heteroatoms. The molecule has 3 nitrogen and oxygen atoms in total. The lowest BCUT2D eigenvalue weighted by atomic mass is 10.1. The number of hydrogen-bond acceptors (Lipinski definition) is 2. The summed E-state index contributed by atoms with van der Waals surface area (Å²) in [5.74, 6) is -0.466. The van der Waals surface area contributed by atoms with Gasteiger partial charge in [-0.25, -0.2) is 0 Å². The van der Waals surface area contributed by atoms with Gasteiger partial charge in [0.15, 0.2) is 0 Å². The Bertz CT molecular complexity index is 533. The molecule has 0 saturated heterocycles. The quantitative estimate of drug-likeness (QED) is 0.829. The van der Waals surface area contributed by atoms with E-state index in [9.17, 15) is 23.1 Å². The monoisotopic (exact) mass is 349 g/mol. The maximum Gasteiger partial charge on any atom is 0.393 e. The number of carbonyl (C=O) groups excluding carboxylic acids is 1. The number of rotatable bonds is 5. The van der Waals surface area contributed by atoms with Crippen LogP contribution in [0.5, 0.6) is 0 Å². The molecule has 2 rings (SSSR count). The first-order valence-electron chi connectivity index (χ1n) is 7.48. The van der Waals surface area contributed by atoms with Crippen molar-refractivity contribution in [2.45, 2.75) is 50.6 Å². The fourth-order valence-corrected chi connectivity index (χ4v) is 3.10.